The summed E-state index contributed by atoms with van der Waals surface area (Å²) in [5.41, 5.74) is 0.865. The van der Waals surface area contributed by atoms with E-state index in [0.717, 1.165) is 9.69 Å². The summed E-state index contributed by atoms with van der Waals surface area (Å²) >= 11 is 11.9. The molecule has 26 heavy (non-hydrogen) atoms. The SMILES string of the molecule is O=C(CN1c2cccc3cccc(c23)S1(=O)=O)Nc1ccc(Cl)cc1Cl. The Kier molecular flexibility index (Phi) is 4.06. The molecule has 3 aromatic rings. The van der Waals surface area contributed by atoms with E-state index in [1.54, 1.807) is 36.4 Å². The van der Waals surface area contributed by atoms with Gasteiger partial charge in [-0.25, -0.2) is 8.42 Å². The summed E-state index contributed by atoms with van der Waals surface area (Å²) in [6.07, 6.45) is 0. The summed E-state index contributed by atoms with van der Waals surface area (Å²) < 4.78 is 26.8. The van der Waals surface area contributed by atoms with Crippen molar-refractivity contribution >= 4 is 61.3 Å². The second kappa shape index (κ2) is 6.16. The number of halogens is 2. The van der Waals surface area contributed by atoms with Gasteiger partial charge in [-0.3, -0.25) is 9.10 Å². The van der Waals surface area contributed by atoms with Crippen molar-refractivity contribution in [2.45, 2.75) is 4.90 Å². The smallest absolute Gasteiger partial charge is 0.265 e. The maximum absolute atomic E-state index is 12.9. The fraction of sp³-hybridized carbons (Fsp3) is 0.0556. The maximum atomic E-state index is 12.9. The molecule has 0 unspecified atom stereocenters. The summed E-state index contributed by atoms with van der Waals surface area (Å²) in [6, 6.07) is 15.0. The zero-order chi connectivity index (χ0) is 18.5. The first-order valence-corrected chi connectivity index (χ1v) is 9.87. The number of benzene rings is 3. The van der Waals surface area contributed by atoms with Gasteiger partial charge in [0.15, 0.2) is 0 Å². The van der Waals surface area contributed by atoms with Crippen molar-refractivity contribution in [3.8, 4) is 0 Å². The highest BCUT2D eigenvalue weighted by molar-refractivity contribution is 7.93. The molecule has 1 aliphatic heterocycles. The Morgan fingerprint density at radius 2 is 1.77 bits per heavy atom. The third kappa shape index (κ3) is 2.70. The molecule has 0 aromatic heterocycles. The number of carbonyl (C=O) groups is 1. The molecule has 132 valence electrons. The standard InChI is InChI=1S/C18H12Cl2N2O3S/c19-12-7-8-14(13(20)9-12)21-17(23)10-22-15-5-1-3-11-4-2-6-16(18(11)15)26(22,24)25/h1-9H,10H2,(H,21,23). The molecular weight excluding hydrogens is 395 g/mol. The van der Waals surface area contributed by atoms with Gasteiger partial charge in [-0.2, -0.15) is 0 Å². The van der Waals surface area contributed by atoms with E-state index >= 15 is 0 Å². The Hall–Kier alpha value is -2.28. The van der Waals surface area contributed by atoms with E-state index in [0.29, 0.717) is 21.8 Å². The van der Waals surface area contributed by atoms with E-state index in [2.05, 4.69) is 5.32 Å². The van der Waals surface area contributed by atoms with Gasteiger partial charge in [0.2, 0.25) is 5.91 Å². The van der Waals surface area contributed by atoms with Gasteiger partial charge < -0.3 is 5.32 Å². The molecule has 3 aromatic carbocycles. The van der Waals surface area contributed by atoms with Crippen molar-refractivity contribution in [3.05, 3.63) is 64.6 Å². The van der Waals surface area contributed by atoms with Gasteiger partial charge >= 0.3 is 0 Å². The van der Waals surface area contributed by atoms with Crippen LogP contribution in [0.15, 0.2) is 59.5 Å². The number of anilines is 2. The molecule has 1 amide bonds. The number of carbonyl (C=O) groups excluding carboxylic acids is 1. The van der Waals surface area contributed by atoms with Crippen molar-refractivity contribution in [1.29, 1.82) is 0 Å². The molecule has 0 saturated heterocycles. The average Bonchev–Trinajstić information content (AvgIpc) is 2.81. The topological polar surface area (TPSA) is 66.5 Å². The zero-order valence-corrected chi connectivity index (χ0v) is 15.6. The molecule has 0 spiro atoms. The van der Waals surface area contributed by atoms with Crippen LogP contribution >= 0.6 is 23.2 Å². The lowest BCUT2D eigenvalue weighted by molar-refractivity contribution is -0.114. The highest BCUT2D eigenvalue weighted by Gasteiger charge is 2.36. The van der Waals surface area contributed by atoms with E-state index in [1.807, 2.05) is 12.1 Å². The molecule has 1 heterocycles. The first-order valence-electron chi connectivity index (χ1n) is 7.67. The van der Waals surface area contributed by atoms with Gasteiger partial charge in [-0.05, 0) is 35.7 Å². The van der Waals surface area contributed by atoms with Crippen LogP contribution in [-0.2, 0) is 14.8 Å². The van der Waals surface area contributed by atoms with Crippen molar-refractivity contribution in [3.63, 3.8) is 0 Å². The van der Waals surface area contributed by atoms with E-state index in [9.17, 15) is 13.2 Å². The molecule has 8 heteroatoms. The Balaban J connectivity index is 1.67. The second-order valence-corrected chi connectivity index (χ2v) is 8.49. The second-order valence-electron chi connectivity index (χ2n) is 5.82. The van der Waals surface area contributed by atoms with Crippen LogP contribution in [0.5, 0.6) is 0 Å². The molecule has 0 radical (unpaired) electrons. The molecule has 0 fully saturated rings. The summed E-state index contributed by atoms with van der Waals surface area (Å²) in [6.45, 7) is -0.352. The lowest BCUT2D eigenvalue weighted by Crippen LogP contribution is -2.35. The van der Waals surface area contributed by atoms with E-state index in [-0.39, 0.29) is 16.5 Å². The predicted molar refractivity (Wildman–Crippen MR) is 104 cm³/mol. The fourth-order valence-corrected chi connectivity index (χ4v) is 5.16. The normalized spacial score (nSPS) is 14.6. The molecule has 0 aliphatic carbocycles. The van der Waals surface area contributed by atoms with E-state index in [4.69, 9.17) is 23.2 Å². The molecule has 1 N–H and O–H groups in total. The molecule has 0 bridgehead atoms. The predicted octanol–water partition coefficient (Wildman–Crippen LogP) is 4.29. The minimum Gasteiger partial charge on any atom is -0.323 e. The minimum absolute atomic E-state index is 0.211. The number of nitrogens with one attached hydrogen (secondary N) is 1. The average molecular weight is 407 g/mol. The van der Waals surface area contributed by atoms with Crippen molar-refractivity contribution < 1.29 is 13.2 Å². The molecule has 5 nitrogen and oxygen atoms in total. The van der Waals surface area contributed by atoms with E-state index in [1.165, 1.54) is 6.07 Å². The van der Waals surface area contributed by atoms with Crippen LogP contribution in [0.3, 0.4) is 0 Å². The summed E-state index contributed by atoms with van der Waals surface area (Å²) in [7, 11) is -3.78. The van der Waals surface area contributed by atoms with Gasteiger partial charge in [-0.1, -0.05) is 47.5 Å². The molecule has 4 rings (SSSR count). The summed E-state index contributed by atoms with van der Waals surface area (Å²) in [5, 5.41) is 4.79. The van der Waals surface area contributed by atoms with Crippen LogP contribution in [-0.4, -0.2) is 20.9 Å². The molecule has 0 saturated carbocycles. The quantitative estimate of drug-likeness (QED) is 0.704. The number of hydrogen-bond donors (Lipinski definition) is 1. The Morgan fingerprint density at radius 1 is 1.04 bits per heavy atom. The number of nitrogens with zero attached hydrogens (tertiary/aromatic N) is 1. The van der Waals surface area contributed by atoms with Crippen LogP contribution in [0.25, 0.3) is 10.8 Å². The number of sulfonamides is 1. The number of rotatable bonds is 3. The van der Waals surface area contributed by atoms with Gasteiger partial charge in [-0.15, -0.1) is 0 Å². The lowest BCUT2D eigenvalue weighted by atomic mass is 10.1. The largest absolute Gasteiger partial charge is 0.323 e. The Bertz CT molecular complexity index is 1160. The third-order valence-electron chi connectivity index (χ3n) is 4.17. The molecular formula is C18H12Cl2N2O3S. The fourth-order valence-electron chi connectivity index (χ4n) is 3.04. The Labute approximate surface area is 160 Å². The monoisotopic (exact) mass is 406 g/mol. The highest BCUT2D eigenvalue weighted by atomic mass is 35.5. The zero-order valence-electron chi connectivity index (χ0n) is 13.2. The van der Waals surface area contributed by atoms with Crippen LogP contribution in [0.4, 0.5) is 11.4 Å². The van der Waals surface area contributed by atoms with Crippen LogP contribution < -0.4 is 9.62 Å². The van der Waals surface area contributed by atoms with Gasteiger partial charge in [0.1, 0.15) is 6.54 Å². The highest BCUT2D eigenvalue weighted by Crippen LogP contribution is 2.41. The van der Waals surface area contributed by atoms with E-state index < -0.39 is 15.9 Å². The third-order valence-corrected chi connectivity index (χ3v) is 6.52. The minimum atomic E-state index is -3.78. The van der Waals surface area contributed by atoms with Gasteiger partial charge in [0, 0.05) is 10.4 Å². The first-order chi connectivity index (χ1) is 12.4. The summed E-state index contributed by atoms with van der Waals surface area (Å²) in [4.78, 5) is 12.7. The van der Waals surface area contributed by atoms with Gasteiger partial charge in [0.05, 0.1) is 21.3 Å². The number of amides is 1. The lowest BCUT2D eigenvalue weighted by Gasteiger charge is -2.18. The van der Waals surface area contributed by atoms with Crippen molar-refractivity contribution in [1.82, 2.24) is 0 Å². The maximum Gasteiger partial charge on any atom is 0.265 e. The first kappa shape index (κ1) is 17.1. The van der Waals surface area contributed by atoms with Crippen LogP contribution in [0, 0.1) is 0 Å². The Morgan fingerprint density at radius 3 is 2.50 bits per heavy atom. The van der Waals surface area contributed by atoms with Crippen LogP contribution in [0.1, 0.15) is 0 Å². The number of hydrogen-bond acceptors (Lipinski definition) is 3. The van der Waals surface area contributed by atoms with Crippen molar-refractivity contribution in [2.24, 2.45) is 0 Å². The molecule has 0 atom stereocenters. The molecule has 1 aliphatic rings. The van der Waals surface area contributed by atoms with Gasteiger partial charge in [0.25, 0.3) is 10.0 Å². The van der Waals surface area contributed by atoms with Crippen molar-refractivity contribution in [2.75, 3.05) is 16.2 Å². The summed E-state index contributed by atoms with van der Waals surface area (Å²) in [5.74, 6) is -0.498. The van der Waals surface area contributed by atoms with Crippen LogP contribution in [0.2, 0.25) is 10.0 Å².